The van der Waals surface area contributed by atoms with Gasteiger partial charge in [0.05, 0.1) is 0 Å². The number of hydrogen-bond acceptors (Lipinski definition) is 1. The van der Waals surface area contributed by atoms with Crippen LogP contribution in [0.25, 0.3) is 0 Å². The normalized spacial score (nSPS) is 17.8. The standard InChI is InChI=1S/C23H43N/c1-9-10-11-12-13-14-15-21(24-22(4,5)6)23(7,8)20-16-18(2)19(3)17-20/h16-17,20-21,24H,9-15H2,1-8H3. The van der Waals surface area contributed by atoms with Crippen molar-refractivity contribution < 1.29 is 0 Å². The zero-order chi connectivity index (χ0) is 18.4. The molecule has 1 aliphatic carbocycles. The fraction of sp³-hybridized carbons (Fsp3) is 0.826. The van der Waals surface area contributed by atoms with Gasteiger partial charge >= 0.3 is 0 Å². The number of nitrogens with one attached hydrogen (secondary N) is 1. The van der Waals surface area contributed by atoms with Gasteiger partial charge in [0.2, 0.25) is 0 Å². The van der Waals surface area contributed by atoms with Crippen LogP contribution >= 0.6 is 0 Å². The molecule has 1 aliphatic rings. The minimum atomic E-state index is 0.167. The summed E-state index contributed by atoms with van der Waals surface area (Å²) in [4.78, 5) is 0. The molecule has 0 amide bonds. The van der Waals surface area contributed by atoms with Crippen LogP contribution in [0.3, 0.4) is 0 Å². The Balaban J connectivity index is 2.70. The molecule has 0 fully saturated rings. The van der Waals surface area contributed by atoms with Crippen molar-refractivity contribution in [2.45, 2.75) is 112 Å². The number of allylic oxidation sites excluding steroid dienone is 4. The molecule has 0 aliphatic heterocycles. The van der Waals surface area contributed by atoms with E-state index in [-0.39, 0.29) is 11.0 Å². The smallest absolute Gasteiger partial charge is 0.0132 e. The first-order valence-corrected chi connectivity index (χ1v) is 10.2. The second-order valence-corrected chi connectivity index (χ2v) is 9.55. The topological polar surface area (TPSA) is 12.0 Å². The molecule has 1 rings (SSSR count). The molecule has 140 valence electrons. The molecular weight excluding hydrogens is 290 g/mol. The van der Waals surface area contributed by atoms with Crippen LogP contribution in [0.4, 0.5) is 0 Å². The molecule has 0 aromatic rings. The maximum absolute atomic E-state index is 3.95. The fourth-order valence-corrected chi connectivity index (χ4v) is 3.79. The second-order valence-electron chi connectivity index (χ2n) is 9.55. The molecule has 0 saturated heterocycles. The summed E-state index contributed by atoms with van der Waals surface area (Å²) in [6, 6.07) is 0.555. The molecule has 0 spiro atoms. The predicted molar refractivity (Wildman–Crippen MR) is 109 cm³/mol. The average Bonchev–Trinajstić information content (AvgIpc) is 2.80. The average molecular weight is 334 g/mol. The van der Waals surface area contributed by atoms with Gasteiger partial charge in [-0.1, -0.05) is 82.6 Å². The maximum atomic E-state index is 3.95. The first kappa shape index (κ1) is 21.5. The Bertz CT molecular complexity index is 415. The van der Waals surface area contributed by atoms with E-state index in [1.807, 2.05) is 0 Å². The van der Waals surface area contributed by atoms with Crippen molar-refractivity contribution in [2.75, 3.05) is 0 Å². The van der Waals surface area contributed by atoms with Gasteiger partial charge < -0.3 is 5.32 Å². The Morgan fingerprint density at radius 1 is 0.875 bits per heavy atom. The van der Waals surface area contributed by atoms with Gasteiger partial charge in [0.25, 0.3) is 0 Å². The molecule has 0 saturated carbocycles. The third-order valence-corrected chi connectivity index (χ3v) is 5.69. The lowest BCUT2D eigenvalue weighted by Gasteiger charge is -2.42. The first-order valence-electron chi connectivity index (χ1n) is 10.2. The Morgan fingerprint density at radius 3 is 1.88 bits per heavy atom. The lowest BCUT2D eigenvalue weighted by atomic mass is 9.71. The van der Waals surface area contributed by atoms with E-state index in [2.05, 4.69) is 72.9 Å². The van der Waals surface area contributed by atoms with Crippen LogP contribution in [0, 0.1) is 11.3 Å². The van der Waals surface area contributed by atoms with Crippen LogP contribution < -0.4 is 5.32 Å². The summed E-state index contributed by atoms with van der Waals surface area (Å²) < 4.78 is 0. The maximum Gasteiger partial charge on any atom is 0.0132 e. The van der Waals surface area contributed by atoms with Crippen molar-refractivity contribution in [2.24, 2.45) is 11.3 Å². The molecule has 0 radical (unpaired) electrons. The lowest BCUT2D eigenvalue weighted by Crippen LogP contribution is -2.52. The molecule has 1 nitrogen and oxygen atoms in total. The minimum absolute atomic E-state index is 0.167. The molecular formula is C23H43N. The van der Waals surface area contributed by atoms with Gasteiger partial charge in [-0.25, -0.2) is 0 Å². The van der Waals surface area contributed by atoms with Crippen LogP contribution in [0.15, 0.2) is 23.3 Å². The van der Waals surface area contributed by atoms with Gasteiger partial charge in [-0.2, -0.15) is 0 Å². The summed E-state index contributed by atoms with van der Waals surface area (Å²) in [7, 11) is 0. The number of rotatable bonds is 10. The highest BCUT2D eigenvalue weighted by molar-refractivity contribution is 5.37. The predicted octanol–water partition coefficient (Wildman–Crippen LogP) is 7.04. The highest BCUT2D eigenvalue weighted by Crippen LogP contribution is 2.41. The van der Waals surface area contributed by atoms with E-state index in [1.165, 1.54) is 56.1 Å². The van der Waals surface area contributed by atoms with Gasteiger partial charge in [0.1, 0.15) is 0 Å². The van der Waals surface area contributed by atoms with Crippen LogP contribution in [0.2, 0.25) is 0 Å². The third-order valence-electron chi connectivity index (χ3n) is 5.69. The highest BCUT2D eigenvalue weighted by Gasteiger charge is 2.38. The molecule has 0 aromatic heterocycles. The van der Waals surface area contributed by atoms with Crippen LogP contribution in [0.1, 0.15) is 100 Å². The highest BCUT2D eigenvalue weighted by atomic mass is 15.0. The van der Waals surface area contributed by atoms with Crippen molar-refractivity contribution in [3.8, 4) is 0 Å². The minimum Gasteiger partial charge on any atom is -0.309 e. The Kier molecular flexibility index (Phi) is 8.26. The van der Waals surface area contributed by atoms with E-state index in [4.69, 9.17) is 0 Å². The SMILES string of the molecule is CCCCCCCCC(NC(C)(C)C)C(C)(C)C1C=C(C)C(C)=C1. The van der Waals surface area contributed by atoms with E-state index in [0.717, 1.165) is 0 Å². The largest absolute Gasteiger partial charge is 0.309 e. The van der Waals surface area contributed by atoms with Crippen LogP contribution in [-0.4, -0.2) is 11.6 Å². The molecule has 0 heterocycles. The van der Waals surface area contributed by atoms with Gasteiger partial charge in [0, 0.05) is 17.5 Å². The summed E-state index contributed by atoms with van der Waals surface area (Å²) in [5.74, 6) is 0.553. The van der Waals surface area contributed by atoms with E-state index < -0.39 is 0 Å². The zero-order valence-electron chi connectivity index (χ0n) is 17.8. The van der Waals surface area contributed by atoms with E-state index in [9.17, 15) is 0 Å². The van der Waals surface area contributed by atoms with Crippen LogP contribution in [-0.2, 0) is 0 Å². The van der Waals surface area contributed by atoms with Crippen molar-refractivity contribution >= 4 is 0 Å². The zero-order valence-corrected chi connectivity index (χ0v) is 17.8. The Morgan fingerprint density at radius 2 is 1.38 bits per heavy atom. The summed E-state index contributed by atoms with van der Waals surface area (Å²) in [5, 5.41) is 3.95. The molecule has 1 heteroatoms. The van der Waals surface area contributed by atoms with E-state index >= 15 is 0 Å². The lowest BCUT2D eigenvalue weighted by molar-refractivity contribution is 0.157. The quantitative estimate of drug-likeness (QED) is 0.423. The fourth-order valence-electron chi connectivity index (χ4n) is 3.79. The van der Waals surface area contributed by atoms with Crippen molar-refractivity contribution in [3.05, 3.63) is 23.3 Å². The number of unbranched alkanes of at least 4 members (excludes halogenated alkanes) is 5. The van der Waals surface area contributed by atoms with Gasteiger partial charge in [-0.05, 0) is 46.5 Å². The molecule has 1 unspecified atom stereocenters. The third kappa shape index (κ3) is 6.75. The number of hydrogen-bond donors (Lipinski definition) is 1. The summed E-state index contributed by atoms with van der Waals surface area (Å²) in [6.45, 7) is 18.6. The van der Waals surface area contributed by atoms with Crippen molar-refractivity contribution in [1.29, 1.82) is 0 Å². The van der Waals surface area contributed by atoms with Gasteiger partial charge in [-0.15, -0.1) is 0 Å². The van der Waals surface area contributed by atoms with Gasteiger partial charge in [-0.3, -0.25) is 0 Å². The first-order chi connectivity index (χ1) is 11.1. The van der Waals surface area contributed by atoms with Crippen molar-refractivity contribution in [3.63, 3.8) is 0 Å². The van der Waals surface area contributed by atoms with E-state index in [0.29, 0.717) is 12.0 Å². The summed E-state index contributed by atoms with van der Waals surface area (Å²) in [5.41, 5.74) is 3.33. The molecule has 1 atom stereocenters. The van der Waals surface area contributed by atoms with Crippen molar-refractivity contribution in [1.82, 2.24) is 5.32 Å². The Labute approximate surface area is 152 Å². The second kappa shape index (κ2) is 9.22. The van der Waals surface area contributed by atoms with E-state index in [1.54, 1.807) is 0 Å². The Hall–Kier alpha value is -0.560. The molecule has 0 bridgehead atoms. The molecule has 0 aromatic carbocycles. The summed E-state index contributed by atoms with van der Waals surface area (Å²) >= 11 is 0. The van der Waals surface area contributed by atoms with Gasteiger partial charge in [0.15, 0.2) is 0 Å². The summed E-state index contributed by atoms with van der Waals surface area (Å²) in [6.07, 6.45) is 14.5. The molecule has 24 heavy (non-hydrogen) atoms. The van der Waals surface area contributed by atoms with Crippen LogP contribution in [0.5, 0.6) is 0 Å². The molecule has 1 N–H and O–H groups in total. The monoisotopic (exact) mass is 333 g/mol.